The van der Waals surface area contributed by atoms with Crippen LogP contribution in [-0.4, -0.2) is 42.0 Å². The van der Waals surface area contributed by atoms with Gasteiger partial charge in [0, 0.05) is 37.8 Å². The van der Waals surface area contributed by atoms with Crippen molar-refractivity contribution in [2.24, 2.45) is 5.73 Å². The predicted octanol–water partition coefficient (Wildman–Crippen LogP) is 1.72. The van der Waals surface area contributed by atoms with E-state index in [1.807, 2.05) is 6.92 Å². The second kappa shape index (κ2) is 5.65. The average molecular weight is 263 g/mol. The highest BCUT2D eigenvalue weighted by atomic mass is 16.3. The Morgan fingerprint density at radius 2 is 2.21 bits per heavy atom. The van der Waals surface area contributed by atoms with E-state index in [1.165, 1.54) is 38.9 Å². The molecule has 1 unspecified atom stereocenters. The van der Waals surface area contributed by atoms with Gasteiger partial charge in [-0.15, -0.1) is 0 Å². The summed E-state index contributed by atoms with van der Waals surface area (Å²) < 4.78 is 5.81. The van der Waals surface area contributed by atoms with Gasteiger partial charge in [-0.3, -0.25) is 9.80 Å². The minimum absolute atomic E-state index is 0.575. The van der Waals surface area contributed by atoms with Crippen molar-refractivity contribution in [1.29, 1.82) is 0 Å². The zero-order valence-electron chi connectivity index (χ0n) is 11.9. The maximum atomic E-state index is 5.81. The molecule has 2 aliphatic heterocycles. The van der Waals surface area contributed by atoms with Crippen LogP contribution in [0.5, 0.6) is 0 Å². The molecule has 4 heteroatoms. The first-order valence-corrected chi connectivity index (χ1v) is 7.51. The van der Waals surface area contributed by atoms with E-state index in [9.17, 15) is 0 Å². The van der Waals surface area contributed by atoms with Crippen LogP contribution in [0.25, 0.3) is 0 Å². The van der Waals surface area contributed by atoms with Crippen molar-refractivity contribution < 1.29 is 4.42 Å². The van der Waals surface area contributed by atoms with E-state index in [0.717, 1.165) is 36.2 Å². The summed E-state index contributed by atoms with van der Waals surface area (Å²) >= 11 is 0. The minimum atomic E-state index is 0.575. The first kappa shape index (κ1) is 13.2. The number of hydrogen-bond donors (Lipinski definition) is 1. The van der Waals surface area contributed by atoms with Crippen molar-refractivity contribution in [2.45, 2.75) is 45.3 Å². The molecule has 0 saturated carbocycles. The fourth-order valence-electron chi connectivity index (χ4n) is 3.45. The molecule has 0 aromatic carbocycles. The zero-order chi connectivity index (χ0) is 13.2. The summed E-state index contributed by atoms with van der Waals surface area (Å²) in [5.74, 6) is 2.05. The summed E-state index contributed by atoms with van der Waals surface area (Å²) in [6.07, 6.45) is 4.14. The maximum absolute atomic E-state index is 5.81. The smallest absolute Gasteiger partial charge is 0.118 e. The average Bonchev–Trinajstić information content (AvgIpc) is 2.78. The quantitative estimate of drug-likeness (QED) is 0.902. The van der Waals surface area contributed by atoms with Crippen LogP contribution < -0.4 is 5.73 Å². The summed E-state index contributed by atoms with van der Waals surface area (Å²) in [6.45, 7) is 8.39. The highest BCUT2D eigenvalue weighted by Gasteiger charge is 2.29. The van der Waals surface area contributed by atoms with Gasteiger partial charge in [0.1, 0.15) is 11.5 Å². The number of piperidine rings is 1. The van der Waals surface area contributed by atoms with Gasteiger partial charge in [-0.25, -0.2) is 0 Å². The Kier molecular flexibility index (Phi) is 3.91. The Bertz CT molecular complexity index is 429. The lowest BCUT2D eigenvalue weighted by Crippen LogP contribution is -2.54. The van der Waals surface area contributed by atoms with E-state index >= 15 is 0 Å². The molecule has 19 heavy (non-hydrogen) atoms. The lowest BCUT2D eigenvalue weighted by molar-refractivity contribution is 0.0425. The molecule has 0 spiro atoms. The number of nitrogens with two attached hydrogens (primary N) is 1. The third-order valence-electron chi connectivity index (χ3n) is 4.59. The van der Waals surface area contributed by atoms with Gasteiger partial charge in [0.15, 0.2) is 0 Å². The van der Waals surface area contributed by atoms with Gasteiger partial charge in [-0.1, -0.05) is 6.42 Å². The van der Waals surface area contributed by atoms with Gasteiger partial charge in [0.05, 0.1) is 6.54 Å². The molecule has 2 aliphatic rings. The van der Waals surface area contributed by atoms with Crippen LogP contribution in [0.3, 0.4) is 0 Å². The summed E-state index contributed by atoms with van der Waals surface area (Å²) in [4.78, 5) is 5.20. The van der Waals surface area contributed by atoms with Crippen molar-refractivity contribution in [1.82, 2.24) is 9.80 Å². The third kappa shape index (κ3) is 2.86. The fraction of sp³-hybridized carbons (Fsp3) is 0.733. The zero-order valence-corrected chi connectivity index (χ0v) is 11.9. The van der Waals surface area contributed by atoms with Crippen LogP contribution in [0.15, 0.2) is 10.5 Å². The van der Waals surface area contributed by atoms with Crippen molar-refractivity contribution in [3.05, 3.63) is 23.2 Å². The standard InChI is InChI=1S/C15H25N3O/c1-12-13(9-16)8-15(19-12)11-17-6-7-18-5-3-2-4-14(18)10-17/h8,14H,2-7,9-11,16H2,1H3. The Morgan fingerprint density at radius 3 is 3.00 bits per heavy atom. The molecular formula is C15H25N3O. The number of furan rings is 1. The van der Waals surface area contributed by atoms with E-state index in [4.69, 9.17) is 10.2 Å². The molecule has 0 bridgehead atoms. The Morgan fingerprint density at radius 1 is 1.32 bits per heavy atom. The van der Waals surface area contributed by atoms with Crippen LogP contribution in [-0.2, 0) is 13.1 Å². The van der Waals surface area contributed by atoms with Gasteiger partial charge < -0.3 is 10.2 Å². The number of nitrogens with zero attached hydrogens (tertiary/aromatic N) is 2. The number of fused-ring (bicyclic) bond motifs is 1. The summed E-state index contributed by atoms with van der Waals surface area (Å²) in [5.41, 5.74) is 6.85. The largest absolute Gasteiger partial charge is 0.465 e. The first-order valence-electron chi connectivity index (χ1n) is 7.51. The summed E-state index contributed by atoms with van der Waals surface area (Å²) in [7, 11) is 0. The Balaban J connectivity index is 1.60. The highest BCUT2D eigenvalue weighted by Crippen LogP contribution is 2.23. The van der Waals surface area contributed by atoms with Gasteiger partial charge in [-0.05, 0) is 32.4 Å². The predicted molar refractivity (Wildman–Crippen MR) is 75.8 cm³/mol. The van der Waals surface area contributed by atoms with E-state index in [0.29, 0.717) is 6.54 Å². The number of aryl methyl sites for hydroxylation is 1. The first-order chi connectivity index (χ1) is 9.26. The normalized spacial score (nSPS) is 25.5. The molecule has 106 valence electrons. The molecule has 0 radical (unpaired) electrons. The molecule has 3 heterocycles. The molecule has 4 nitrogen and oxygen atoms in total. The molecular weight excluding hydrogens is 238 g/mol. The molecule has 2 fully saturated rings. The maximum Gasteiger partial charge on any atom is 0.118 e. The Hall–Kier alpha value is -0.840. The minimum Gasteiger partial charge on any atom is -0.465 e. The van der Waals surface area contributed by atoms with Gasteiger partial charge in [0.25, 0.3) is 0 Å². The molecule has 1 atom stereocenters. The van der Waals surface area contributed by atoms with E-state index in [1.54, 1.807) is 0 Å². The Labute approximate surface area is 115 Å². The number of hydrogen-bond acceptors (Lipinski definition) is 4. The molecule has 0 aliphatic carbocycles. The monoisotopic (exact) mass is 263 g/mol. The SMILES string of the molecule is Cc1oc(CN2CCN3CCCCC3C2)cc1CN. The van der Waals surface area contributed by atoms with Gasteiger partial charge in [-0.2, -0.15) is 0 Å². The number of rotatable bonds is 3. The van der Waals surface area contributed by atoms with Gasteiger partial charge >= 0.3 is 0 Å². The van der Waals surface area contributed by atoms with E-state index in [-0.39, 0.29) is 0 Å². The second-order valence-electron chi connectivity index (χ2n) is 5.92. The molecule has 1 aromatic rings. The van der Waals surface area contributed by atoms with Crippen molar-refractivity contribution in [3.63, 3.8) is 0 Å². The van der Waals surface area contributed by atoms with Crippen LogP contribution in [0.4, 0.5) is 0 Å². The fourth-order valence-corrected chi connectivity index (χ4v) is 3.45. The van der Waals surface area contributed by atoms with E-state index < -0.39 is 0 Å². The lowest BCUT2D eigenvalue weighted by atomic mass is 9.99. The van der Waals surface area contributed by atoms with Crippen molar-refractivity contribution in [2.75, 3.05) is 26.2 Å². The molecule has 0 amide bonds. The number of piperazine rings is 1. The topological polar surface area (TPSA) is 45.6 Å². The van der Waals surface area contributed by atoms with Crippen molar-refractivity contribution in [3.8, 4) is 0 Å². The van der Waals surface area contributed by atoms with Gasteiger partial charge in [0.2, 0.25) is 0 Å². The third-order valence-corrected chi connectivity index (χ3v) is 4.59. The summed E-state index contributed by atoms with van der Waals surface area (Å²) in [6, 6.07) is 2.90. The highest BCUT2D eigenvalue weighted by molar-refractivity contribution is 5.20. The van der Waals surface area contributed by atoms with Crippen molar-refractivity contribution >= 4 is 0 Å². The summed E-state index contributed by atoms with van der Waals surface area (Å²) in [5, 5.41) is 0. The van der Waals surface area contributed by atoms with E-state index in [2.05, 4.69) is 15.9 Å². The molecule has 2 saturated heterocycles. The van der Waals surface area contributed by atoms with Crippen LogP contribution >= 0.6 is 0 Å². The molecule has 2 N–H and O–H groups in total. The lowest BCUT2D eigenvalue weighted by Gasteiger charge is -2.43. The second-order valence-corrected chi connectivity index (χ2v) is 5.92. The van der Waals surface area contributed by atoms with Crippen LogP contribution in [0.1, 0.15) is 36.3 Å². The van der Waals surface area contributed by atoms with Crippen LogP contribution in [0, 0.1) is 6.92 Å². The molecule has 3 rings (SSSR count). The van der Waals surface area contributed by atoms with Crippen LogP contribution in [0.2, 0.25) is 0 Å². The molecule has 1 aromatic heterocycles.